The fourth-order valence-electron chi connectivity index (χ4n) is 3.28. The smallest absolute Gasteiger partial charge is 0.272 e. The summed E-state index contributed by atoms with van der Waals surface area (Å²) in [6.07, 6.45) is 2.88. The highest BCUT2D eigenvalue weighted by molar-refractivity contribution is 6.31. The lowest BCUT2D eigenvalue weighted by atomic mass is 10.2. The minimum Gasteiger partial charge on any atom is -0.497 e. The SMILES string of the molecule is COc1ccc(C(=O)N/C(=C\c2ccco2)C(=O)Nc2cc(Cl)ccc2Oc2cccc(OC)c2)cc1. The minimum atomic E-state index is -0.615. The molecular weight excluding hydrogens is 496 g/mol. The number of carbonyl (C=O) groups is 2. The highest BCUT2D eigenvalue weighted by atomic mass is 35.5. The summed E-state index contributed by atoms with van der Waals surface area (Å²) in [5.74, 6) is 1.32. The molecule has 0 aliphatic carbocycles. The molecular formula is C28H23ClN2O6. The quantitative estimate of drug-likeness (QED) is 0.258. The first-order valence-electron chi connectivity index (χ1n) is 11.1. The molecule has 188 valence electrons. The van der Waals surface area contributed by atoms with Crippen LogP contribution >= 0.6 is 11.6 Å². The van der Waals surface area contributed by atoms with Crippen molar-refractivity contribution in [2.75, 3.05) is 19.5 Å². The average Bonchev–Trinajstić information content (AvgIpc) is 3.43. The van der Waals surface area contributed by atoms with Crippen LogP contribution in [0.25, 0.3) is 6.08 Å². The Labute approximate surface area is 218 Å². The van der Waals surface area contributed by atoms with Crippen LogP contribution in [0.5, 0.6) is 23.0 Å². The van der Waals surface area contributed by atoms with E-state index in [2.05, 4.69) is 10.6 Å². The zero-order valence-corrected chi connectivity index (χ0v) is 20.7. The number of furan rings is 1. The second-order valence-corrected chi connectivity index (χ2v) is 8.07. The van der Waals surface area contributed by atoms with Gasteiger partial charge in [0.1, 0.15) is 28.7 Å². The molecule has 2 amide bonds. The van der Waals surface area contributed by atoms with Gasteiger partial charge in [-0.05, 0) is 66.7 Å². The topological polar surface area (TPSA) is 99.0 Å². The predicted octanol–water partition coefficient (Wildman–Crippen LogP) is 6.15. The molecule has 2 N–H and O–H groups in total. The summed E-state index contributed by atoms with van der Waals surface area (Å²) in [4.78, 5) is 26.2. The van der Waals surface area contributed by atoms with E-state index in [1.54, 1.807) is 86.0 Å². The molecule has 1 heterocycles. The minimum absolute atomic E-state index is 0.0527. The molecule has 0 fully saturated rings. The van der Waals surface area contributed by atoms with E-state index in [1.807, 2.05) is 0 Å². The van der Waals surface area contributed by atoms with Crippen molar-refractivity contribution in [1.29, 1.82) is 0 Å². The van der Waals surface area contributed by atoms with E-state index >= 15 is 0 Å². The maximum atomic E-state index is 13.3. The van der Waals surface area contributed by atoms with E-state index in [-0.39, 0.29) is 5.70 Å². The summed E-state index contributed by atoms with van der Waals surface area (Å²) < 4.78 is 21.7. The van der Waals surface area contributed by atoms with Crippen molar-refractivity contribution in [3.05, 3.63) is 107 Å². The summed E-state index contributed by atoms with van der Waals surface area (Å²) >= 11 is 6.20. The third kappa shape index (κ3) is 6.71. The van der Waals surface area contributed by atoms with Gasteiger partial charge in [0.25, 0.3) is 11.8 Å². The lowest BCUT2D eigenvalue weighted by molar-refractivity contribution is -0.113. The van der Waals surface area contributed by atoms with Gasteiger partial charge in [-0.15, -0.1) is 0 Å². The van der Waals surface area contributed by atoms with Crippen LogP contribution in [0.2, 0.25) is 5.02 Å². The molecule has 0 unspecified atom stereocenters. The Morgan fingerprint density at radius 1 is 0.865 bits per heavy atom. The number of anilines is 1. The van der Waals surface area contributed by atoms with Gasteiger partial charge in [-0.2, -0.15) is 0 Å². The highest BCUT2D eigenvalue weighted by Crippen LogP contribution is 2.33. The van der Waals surface area contributed by atoms with E-state index in [1.165, 1.54) is 19.4 Å². The maximum absolute atomic E-state index is 13.3. The molecule has 0 aliphatic heterocycles. The van der Waals surface area contributed by atoms with E-state index in [4.69, 9.17) is 30.2 Å². The summed E-state index contributed by atoms with van der Waals surface area (Å²) in [5.41, 5.74) is 0.580. The maximum Gasteiger partial charge on any atom is 0.272 e. The fraction of sp³-hybridized carbons (Fsp3) is 0.0714. The lowest BCUT2D eigenvalue weighted by Crippen LogP contribution is -2.30. The Balaban J connectivity index is 1.60. The standard InChI is InChI=1S/C28H23ClN2O6/c1-34-20-11-8-18(9-12-20)27(32)31-25(17-22-7-4-14-36-22)28(33)30-24-15-19(29)10-13-26(24)37-23-6-3-5-21(16-23)35-2/h3-17H,1-2H3,(H,30,33)(H,31,32)/b25-17-. The van der Waals surface area contributed by atoms with Gasteiger partial charge < -0.3 is 29.3 Å². The Bertz CT molecular complexity index is 1420. The summed E-state index contributed by atoms with van der Waals surface area (Å²) in [5, 5.41) is 5.79. The Hall–Kier alpha value is -4.69. The third-order valence-electron chi connectivity index (χ3n) is 5.13. The van der Waals surface area contributed by atoms with Crippen LogP contribution in [0.1, 0.15) is 16.1 Å². The number of hydrogen-bond donors (Lipinski definition) is 2. The first-order valence-corrected chi connectivity index (χ1v) is 11.5. The average molecular weight is 519 g/mol. The number of benzene rings is 3. The Morgan fingerprint density at radius 2 is 1.62 bits per heavy atom. The zero-order valence-electron chi connectivity index (χ0n) is 20.0. The van der Waals surface area contributed by atoms with Crippen LogP contribution in [-0.2, 0) is 4.79 Å². The van der Waals surface area contributed by atoms with Crippen molar-refractivity contribution in [3.63, 3.8) is 0 Å². The molecule has 37 heavy (non-hydrogen) atoms. The predicted molar refractivity (Wildman–Crippen MR) is 140 cm³/mol. The van der Waals surface area contributed by atoms with Gasteiger partial charge >= 0.3 is 0 Å². The molecule has 0 saturated heterocycles. The number of nitrogens with one attached hydrogen (secondary N) is 2. The Morgan fingerprint density at radius 3 is 2.32 bits per heavy atom. The van der Waals surface area contributed by atoms with E-state index in [9.17, 15) is 9.59 Å². The van der Waals surface area contributed by atoms with E-state index in [0.29, 0.717) is 45.0 Å². The first-order chi connectivity index (χ1) is 17.9. The van der Waals surface area contributed by atoms with Crippen molar-refractivity contribution in [2.45, 2.75) is 0 Å². The van der Waals surface area contributed by atoms with Crippen LogP contribution in [0.3, 0.4) is 0 Å². The molecule has 0 aliphatic rings. The van der Waals surface area contributed by atoms with E-state index in [0.717, 1.165) is 0 Å². The van der Waals surface area contributed by atoms with Gasteiger partial charge in [-0.25, -0.2) is 0 Å². The molecule has 0 spiro atoms. The van der Waals surface area contributed by atoms with Crippen molar-refractivity contribution in [2.24, 2.45) is 0 Å². The second kappa shape index (κ2) is 11.8. The van der Waals surface area contributed by atoms with Crippen molar-refractivity contribution in [3.8, 4) is 23.0 Å². The van der Waals surface area contributed by atoms with Crippen molar-refractivity contribution in [1.82, 2.24) is 5.32 Å². The van der Waals surface area contributed by atoms with Gasteiger partial charge in [0.15, 0.2) is 5.75 Å². The van der Waals surface area contributed by atoms with Gasteiger partial charge in [-0.1, -0.05) is 17.7 Å². The highest BCUT2D eigenvalue weighted by Gasteiger charge is 2.18. The molecule has 1 aromatic heterocycles. The monoisotopic (exact) mass is 518 g/mol. The van der Waals surface area contributed by atoms with Gasteiger partial charge in [0, 0.05) is 22.7 Å². The molecule has 9 heteroatoms. The van der Waals surface area contributed by atoms with E-state index < -0.39 is 11.8 Å². The number of carbonyl (C=O) groups excluding carboxylic acids is 2. The van der Waals surface area contributed by atoms with Crippen molar-refractivity contribution >= 4 is 35.2 Å². The first kappa shape index (κ1) is 25.4. The number of amides is 2. The normalized spacial score (nSPS) is 10.9. The second-order valence-electron chi connectivity index (χ2n) is 7.63. The summed E-state index contributed by atoms with van der Waals surface area (Å²) in [7, 11) is 3.09. The largest absolute Gasteiger partial charge is 0.497 e. The van der Waals surface area contributed by atoms with Crippen LogP contribution in [-0.4, -0.2) is 26.0 Å². The molecule has 0 radical (unpaired) electrons. The van der Waals surface area contributed by atoms with Crippen LogP contribution in [0, 0.1) is 0 Å². The number of rotatable bonds is 9. The molecule has 0 atom stereocenters. The van der Waals surface area contributed by atoms with Crippen LogP contribution in [0.4, 0.5) is 5.69 Å². The lowest BCUT2D eigenvalue weighted by Gasteiger charge is -2.15. The molecule has 4 aromatic rings. The van der Waals surface area contributed by atoms with Gasteiger partial charge in [0.05, 0.1) is 26.2 Å². The van der Waals surface area contributed by atoms with Crippen LogP contribution in [0.15, 0.2) is 95.2 Å². The number of methoxy groups -OCH3 is 2. The molecule has 0 bridgehead atoms. The molecule has 3 aromatic carbocycles. The third-order valence-corrected chi connectivity index (χ3v) is 5.37. The molecule has 4 rings (SSSR count). The summed E-state index contributed by atoms with van der Waals surface area (Å²) in [6.45, 7) is 0. The summed E-state index contributed by atoms with van der Waals surface area (Å²) in [6, 6.07) is 21.6. The fourth-order valence-corrected chi connectivity index (χ4v) is 3.45. The molecule has 8 nitrogen and oxygen atoms in total. The Kier molecular flexibility index (Phi) is 8.12. The van der Waals surface area contributed by atoms with Gasteiger partial charge in [-0.3, -0.25) is 9.59 Å². The molecule has 0 saturated carbocycles. The van der Waals surface area contributed by atoms with Gasteiger partial charge in [0.2, 0.25) is 0 Å². The number of hydrogen-bond acceptors (Lipinski definition) is 6. The number of halogens is 1. The zero-order chi connectivity index (χ0) is 26.2. The van der Waals surface area contributed by atoms with Crippen molar-refractivity contribution < 1.29 is 28.2 Å². The number of ether oxygens (including phenoxy) is 3. The van der Waals surface area contributed by atoms with Crippen LogP contribution < -0.4 is 24.8 Å².